The van der Waals surface area contributed by atoms with Gasteiger partial charge in [0.05, 0.1) is 12.7 Å². The van der Waals surface area contributed by atoms with Gasteiger partial charge in [-0.3, -0.25) is 4.79 Å². The summed E-state index contributed by atoms with van der Waals surface area (Å²) < 4.78 is 5.23. The summed E-state index contributed by atoms with van der Waals surface area (Å²) in [6, 6.07) is 12.0. The number of carbonyl (C=O) groups is 1. The van der Waals surface area contributed by atoms with E-state index in [2.05, 4.69) is 46.1 Å². The summed E-state index contributed by atoms with van der Waals surface area (Å²) in [5, 5.41) is 2.95. The van der Waals surface area contributed by atoms with Gasteiger partial charge in [-0.2, -0.15) is 0 Å². The fraction of sp³-hybridized carbons (Fsp3) is 0.455. The standard InChI is InChI=1S/C22H30N4O2/c1-17(2)10-11-23-22(27)18-4-9-21(24-16-18)26-14-12-25(13-15-26)19-5-7-20(28-3)8-6-19/h4-9,16-17H,10-15H2,1-3H3,(H,23,27). The maximum atomic E-state index is 12.2. The van der Waals surface area contributed by atoms with Crippen LogP contribution in [-0.2, 0) is 0 Å². The molecule has 0 atom stereocenters. The molecule has 150 valence electrons. The van der Waals surface area contributed by atoms with Crippen molar-refractivity contribution >= 4 is 17.4 Å². The summed E-state index contributed by atoms with van der Waals surface area (Å²) in [7, 11) is 1.68. The summed E-state index contributed by atoms with van der Waals surface area (Å²) in [6.45, 7) is 8.67. The van der Waals surface area contributed by atoms with Crippen LogP contribution >= 0.6 is 0 Å². The first kappa shape index (κ1) is 20.0. The molecule has 1 fully saturated rings. The molecule has 0 aliphatic carbocycles. The molecule has 0 unspecified atom stereocenters. The molecule has 1 aromatic carbocycles. The lowest BCUT2D eigenvalue weighted by Crippen LogP contribution is -2.46. The van der Waals surface area contributed by atoms with E-state index in [1.807, 2.05) is 24.3 Å². The zero-order chi connectivity index (χ0) is 19.9. The Hall–Kier alpha value is -2.76. The van der Waals surface area contributed by atoms with Gasteiger partial charge in [-0.25, -0.2) is 4.98 Å². The van der Waals surface area contributed by atoms with Crippen LogP contribution in [0.5, 0.6) is 5.75 Å². The molecule has 3 rings (SSSR count). The minimum absolute atomic E-state index is 0.0518. The molecule has 1 saturated heterocycles. The number of hydrogen-bond acceptors (Lipinski definition) is 5. The van der Waals surface area contributed by atoms with Gasteiger partial charge in [-0.05, 0) is 48.7 Å². The molecule has 2 heterocycles. The summed E-state index contributed by atoms with van der Waals surface area (Å²) in [5.41, 5.74) is 1.83. The molecule has 28 heavy (non-hydrogen) atoms. The number of anilines is 2. The van der Waals surface area contributed by atoms with Gasteiger partial charge in [0, 0.05) is 44.6 Å². The van der Waals surface area contributed by atoms with Crippen LogP contribution in [0.25, 0.3) is 0 Å². The van der Waals surface area contributed by atoms with Crippen molar-refractivity contribution in [1.29, 1.82) is 0 Å². The molecule has 1 aliphatic heterocycles. The van der Waals surface area contributed by atoms with E-state index in [-0.39, 0.29) is 5.91 Å². The molecule has 2 aromatic rings. The first-order chi connectivity index (χ1) is 13.6. The molecule has 0 bridgehead atoms. The Labute approximate surface area is 167 Å². The first-order valence-corrected chi connectivity index (χ1v) is 9.95. The van der Waals surface area contributed by atoms with Crippen LogP contribution in [0.3, 0.4) is 0 Å². The Morgan fingerprint density at radius 3 is 2.32 bits per heavy atom. The second kappa shape index (κ2) is 9.44. The van der Waals surface area contributed by atoms with Crippen molar-refractivity contribution in [3.05, 3.63) is 48.2 Å². The van der Waals surface area contributed by atoms with Gasteiger partial charge >= 0.3 is 0 Å². The van der Waals surface area contributed by atoms with Crippen LogP contribution in [0.1, 0.15) is 30.6 Å². The number of ether oxygens (including phenoxy) is 1. The summed E-state index contributed by atoms with van der Waals surface area (Å²) in [6.07, 6.45) is 2.66. The Morgan fingerprint density at radius 2 is 1.75 bits per heavy atom. The normalized spacial score (nSPS) is 14.3. The largest absolute Gasteiger partial charge is 0.497 e. The van der Waals surface area contributed by atoms with Crippen molar-refractivity contribution in [2.75, 3.05) is 49.6 Å². The van der Waals surface area contributed by atoms with Crippen LogP contribution in [0.15, 0.2) is 42.6 Å². The van der Waals surface area contributed by atoms with Crippen molar-refractivity contribution in [2.45, 2.75) is 20.3 Å². The van der Waals surface area contributed by atoms with Crippen molar-refractivity contribution in [3.63, 3.8) is 0 Å². The molecule has 1 aliphatic rings. The summed E-state index contributed by atoms with van der Waals surface area (Å²) >= 11 is 0. The van der Waals surface area contributed by atoms with E-state index in [0.717, 1.165) is 44.2 Å². The minimum Gasteiger partial charge on any atom is -0.497 e. The molecule has 0 saturated carbocycles. The quantitative estimate of drug-likeness (QED) is 0.797. The highest BCUT2D eigenvalue weighted by atomic mass is 16.5. The van der Waals surface area contributed by atoms with Gasteiger partial charge in [-0.1, -0.05) is 13.8 Å². The number of amides is 1. The molecule has 1 aromatic heterocycles. The lowest BCUT2D eigenvalue weighted by Gasteiger charge is -2.36. The van der Waals surface area contributed by atoms with Crippen LogP contribution in [0.2, 0.25) is 0 Å². The highest BCUT2D eigenvalue weighted by Gasteiger charge is 2.18. The Morgan fingerprint density at radius 1 is 1.07 bits per heavy atom. The number of aromatic nitrogens is 1. The number of hydrogen-bond donors (Lipinski definition) is 1. The average molecular weight is 383 g/mol. The second-order valence-electron chi connectivity index (χ2n) is 7.52. The van der Waals surface area contributed by atoms with Gasteiger partial charge in [-0.15, -0.1) is 0 Å². The van der Waals surface area contributed by atoms with Crippen LogP contribution in [-0.4, -0.2) is 50.7 Å². The van der Waals surface area contributed by atoms with E-state index in [1.165, 1.54) is 5.69 Å². The number of benzene rings is 1. The third-order valence-corrected chi connectivity index (χ3v) is 5.06. The number of rotatable bonds is 7. The van der Waals surface area contributed by atoms with Gasteiger partial charge in [0.2, 0.25) is 0 Å². The fourth-order valence-corrected chi connectivity index (χ4v) is 3.27. The topological polar surface area (TPSA) is 57.7 Å². The molecular weight excluding hydrogens is 352 g/mol. The van der Waals surface area contributed by atoms with E-state index in [9.17, 15) is 4.79 Å². The smallest absolute Gasteiger partial charge is 0.252 e. The predicted molar refractivity (Wildman–Crippen MR) is 113 cm³/mol. The van der Waals surface area contributed by atoms with E-state index in [0.29, 0.717) is 18.0 Å². The molecule has 6 heteroatoms. The monoisotopic (exact) mass is 382 g/mol. The van der Waals surface area contributed by atoms with Crippen molar-refractivity contribution in [3.8, 4) is 5.75 Å². The maximum absolute atomic E-state index is 12.2. The molecule has 0 radical (unpaired) electrons. The number of carbonyl (C=O) groups excluding carboxylic acids is 1. The zero-order valence-electron chi connectivity index (χ0n) is 17.0. The number of methoxy groups -OCH3 is 1. The van der Waals surface area contributed by atoms with Crippen molar-refractivity contribution in [1.82, 2.24) is 10.3 Å². The molecular formula is C22H30N4O2. The van der Waals surface area contributed by atoms with Gasteiger partial charge in [0.1, 0.15) is 11.6 Å². The van der Waals surface area contributed by atoms with Crippen LogP contribution in [0, 0.1) is 5.92 Å². The van der Waals surface area contributed by atoms with Gasteiger partial charge in [0.25, 0.3) is 5.91 Å². The predicted octanol–water partition coefficient (Wildman–Crippen LogP) is 3.19. The van der Waals surface area contributed by atoms with Crippen molar-refractivity contribution < 1.29 is 9.53 Å². The van der Waals surface area contributed by atoms with Crippen LogP contribution in [0.4, 0.5) is 11.5 Å². The number of pyridine rings is 1. The van der Waals surface area contributed by atoms with Crippen molar-refractivity contribution in [2.24, 2.45) is 5.92 Å². The summed E-state index contributed by atoms with van der Waals surface area (Å²) in [4.78, 5) is 21.3. The van der Waals surface area contributed by atoms with Gasteiger partial charge < -0.3 is 19.9 Å². The summed E-state index contributed by atoms with van der Waals surface area (Å²) in [5.74, 6) is 2.33. The van der Waals surface area contributed by atoms with E-state index in [4.69, 9.17) is 4.74 Å². The maximum Gasteiger partial charge on any atom is 0.252 e. The lowest BCUT2D eigenvalue weighted by atomic mass is 10.1. The lowest BCUT2D eigenvalue weighted by molar-refractivity contribution is 0.0951. The Bertz CT molecular complexity index is 751. The SMILES string of the molecule is COc1ccc(N2CCN(c3ccc(C(=O)NCCC(C)C)cn3)CC2)cc1. The van der Waals surface area contributed by atoms with Crippen LogP contribution < -0.4 is 19.9 Å². The van der Waals surface area contributed by atoms with E-state index >= 15 is 0 Å². The number of nitrogens with zero attached hydrogens (tertiary/aromatic N) is 3. The highest BCUT2D eigenvalue weighted by Crippen LogP contribution is 2.22. The molecule has 1 amide bonds. The molecule has 1 N–H and O–H groups in total. The van der Waals surface area contributed by atoms with E-state index in [1.54, 1.807) is 13.3 Å². The minimum atomic E-state index is -0.0518. The highest BCUT2D eigenvalue weighted by molar-refractivity contribution is 5.94. The first-order valence-electron chi connectivity index (χ1n) is 9.95. The fourth-order valence-electron chi connectivity index (χ4n) is 3.27. The third-order valence-electron chi connectivity index (χ3n) is 5.06. The molecule has 0 spiro atoms. The number of piperazine rings is 1. The third kappa shape index (κ3) is 5.15. The van der Waals surface area contributed by atoms with E-state index < -0.39 is 0 Å². The Balaban J connectivity index is 1.52. The zero-order valence-corrected chi connectivity index (χ0v) is 17.0. The molecule has 6 nitrogen and oxygen atoms in total. The Kier molecular flexibility index (Phi) is 6.74. The van der Waals surface area contributed by atoms with Gasteiger partial charge in [0.15, 0.2) is 0 Å². The number of nitrogens with one attached hydrogen (secondary N) is 1. The second-order valence-corrected chi connectivity index (χ2v) is 7.52. The average Bonchev–Trinajstić information content (AvgIpc) is 2.74.